The summed E-state index contributed by atoms with van der Waals surface area (Å²) in [4.78, 5) is 48.6. The highest BCUT2D eigenvalue weighted by molar-refractivity contribution is 5.92. The van der Waals surface area contributed by atoms with Crippen molar-refractivity contribution in [2.75, 3.05) is 5.32 Å². The molecule has 0 saturated heterocycles. The molecule has 0 aliphatic heterocycles. The quantitative estimate of drug-likeness (QED) is 0.297. The van der Waals surface area contributed by atoms with Gasteiger partial charge in [-0.2, -0.15) is 0 Å². The molecule has 0 fully saturated rings. The van der Waals surface area contributed by atoms with Crippen LogP contribution in [0, 0.1) is 10.1 Å². The summed E-state index contributed by atoms with van der Waals surface area (Å²) >= 11 is 0. The number of esters is 1. The largest absolute Gasteiger partial charge is 0.481 e. The van der Waals surface area contributed by atoms with Gasteiger partial charge in [0.2, 0.25) is 11.7 Å². The van der Waals surface area contributed by atoms with Gasteiger partial charge in [0.05, 0.1) is 29.6 Å². The van der Waals surface area contributed by atoms with E-state index < -0.39 is 22.8 Å². The fraction of sp³-hybridized carbons (Fsp3) is 0.263. The van der Waals surface area contributed by atoms with Crippen molar-refractivity contribution in [3.63, 3.8) is 0 Å². The molecule has 1 heterocycles. The molecule has 1 aromatic heterocycles. The first kappa shape index (κ1) is 21.5. The predicted octanol–water partition coefficient (Wildman–Crippen LogP) is 2.67. The number of rotatable bonds is 8. The first-order valence-corrected chi connectivity index (χ1v) is 8.59. The smallest absolute Gasteiger partial charge is 0.311 e. The average Bonchev–Trinajstić information content (AvgIpc) is 2.61. The van der Waals surface area contributed by atoms with Crippen LogP contribution in [0.25, 0.3) is 0 Å². The van der Waals surface area contributed by atoms with Crippen LogP contribution in [0.3, 0.4) is 0 Å². The molecule has 152 valence electrons. The normalized spacial score (nSPS) is 11.4. The molecule has 2 N–H and O–H groups in total. The Hall–Kier alpha value is -3.82. The molecule has 2 rings (SSSR count). The fourth-order valence-corrected chi connectivity index (χ4v) is 2.58. The lowest BCUT2D eigenvalue weighted by molar-refractivity contribution is -0.385. The number of carboxylic acids is 1. The first-order valence-electron chi connectivity index (χ1n) is 8.59. The molecule has 0 saturated carbocycles. The number of aromatic nitrogens is 1. The van der Waals surface area contributed by atoms with Crippen LogP contribution in [0.1, 0.15) is 37.4 Å². The third-order valence-electron chi connectivity index (χ3n) is 3.90. The maximum absolute atomic E-state index is 12.2. The van der Waals surface area contributed by atoms with Crippen molar-refractivity contribution in [2.24, 2.45) is 0 Å². The van der Waals surface area contributed by atoms with Crippen LogP contribution >= 0.6 is 0 Å². The third-order valence-corrected chi connectivity index (χ3v) is 3.90. The molecule has 10 heteroatoms. The number of ether oxygens (including phenoxy) is 1. The van der Waals surface area contributed by atoms with E-state index in [1.165, 1.54) is 24.4 Å². The minimum atomic E-state index is -0.923. The molecule has 2 aromatic rings. The Morgan fingerprint density at radius 2 is 2.00 bits per heavy atom. The maximum atomic E-state index is 12.2. The Balaban J connectivity index is 2.06. The van der Waals surface area contributed by atoms with Gasteiger partial charge < -0.3 is 15.2 Å². The van der Waals surface area contributed by atoms with E-state index in [-0.39, 0.29) is 30.2 Å². The summed E-state index contributed by atoms with van der Waals surface area (Å²) < 4.78 is 4.85. The number of anilines is 1. The summed E-state index contributed by atoms with van der Waals surface area (Å²) in [6, 6.07) is 7.08. The Labute approximate surface area is 165 Å². The average molecular weight is 401 g/mol. The summed E-state index contributed by atoms with van der Waals surface area (Å²) in [7, 11) is 0. The van der Waals surface area contributed by atoms with Gasteiger partial charge >= 0.3 is 17.6 Å². The maximum Gasteiger partial charge on any atom is 0.311 e. The molecule has 0 spiro atoms. The Kier molecular flexibility index (Phi) is 6.96. The number of nitrogens with one attached hydrogen (secondary N) is 1. The highest BCUT2D eigenvalue weighted by Crippen LogP contribution is 2.28. The van der Waals surface area contributed by atoms with Crippen molar-refractivity contribution in [1.82, 2.24) is 4.98 Å². The number of pyridine rings is 1. The monoisotopic (exact) mass is 401 g/mol. The molecule has 1 unspecified atom stereocenters. The number of carbonyl (C=O) groups excluding carboxylic acids is 2. The van der Waals surface area contributed by atoms with Crippen LogP contribution < -0.4 is 10.1 Å². The molecule has 0 bridgehead atoms. The van der Waals surface area contributed by atoms with E-state index in [1.54, 1.807) is 19.1 Å². The van der Waals surface area contributed by atoms with Gasteiger partial charge in [0, 0.05) is 24.6 Å². The van der Waals surface area contributed by atoms with E-state index in [4.69, 9.17) is 9.84 Å². The van der Waals surface area contributed by atoms with Gasteiger partial charge in [-0.1, -0.05) is 13.0 Å². The summed E-state index contributed by atoms with van der Waals surface area (Å²) in [6.07, 6.45) is 1.26. The SMILES string of the molecule is CC(=O)Oc1cc(CC(=O)Nc2ccc(C(C)CC(=O)O)nc2)ccc1[N+](=O)[O-]. The second kappa shape index (κ2) is 9.40. The van der Waals surface area contributed by atoms with Crippen LogP contribution in [0.5, 0.6) is 5.75 Å². The number of hydrogen-bond acceptors (Lipinski definition) is 7. The lowest BCUT2D eigenvalue weighted by atomic mass is 10.0. The van der Waals surface area contributed by atoms with Gasteiger partial charge in [0.1, 0.15) is 0 Å². The van der Waals surface area contributed by atoms with Gasteiger partial charge in [-0.15, -0.1) is 0 Å². The van der Waals surface area contributed by atoms with E-state index in [0.29, 0.717) is 16.9 Å². The predicted molar refractivity (Wildman–Crippen MR) is 102 cm³/mol. The minimum Gasteiger partial charge on any atom is -0.481 e. The van der Waals surface area contributed by atoms with Gasteiger partial charge in [-0.05, 0) is 23.8 Å². The van der Waals surface area contributed by atoms with E-state index in [0.717, 1.165) is 6.92 Å². The number of carbonyl (C=O) groups is 3. The van der Waals surface area contributed by atoms with Crippen molar-refractivity contribution in [3.8, 4) is 5.75 Å². The van der Waals surface area contributed by atoms with Gasteiger partial charge in [-0.25, -0.2) is 0 Å². The third kappa shape index (κ3) is 6.38. The first-order chi connectivity index (χ1) is 13.7. The summed E-state index contributed by atoms with van der Waals surface area (Å²) in [5.74, 6) is -2.53. The van der Waals surface area contributed by atoms with Crippen molar-refractivity contribution >= 4 is 29.2 Å². The van der Waals surface area contributed by atoms with Crippen molar-refractivity contribution in [1.29, 1.82) is 0 Å². The second-order valence-electron chi connectivity index (χ2n) is 6.35. The Bertz CT molecular complexity index is 941. The highest BCUT2D eigenvalue weighted by atomic mass is 16.6. The molecule has 1 atom stereocenters. The topological polar surface area (TPSA) is 149 Å². The molecule has 0 radical (unpaired) electrons. The number of nitro groups is 1. The van der Waals surface area contributed by atoms with E-state index in [2.05, 4.69) is 10.3 Å². The lowest BCUT2D eigenvalue weighted by Crippen LogP contribution is -2.15. The summed E-state index contributed by atoms with van der Waals surface area (Å²) in [5.41, 5.74) is 1.05. The number of benzene rings is 1. The molecular weight excluding hydrogens is 382 g/mol. The van der Waals surface area contributed by atoms with Crippen LogP contribution in [-0.4, -0.2) is 32.9 Å². The standard InChI is InChI=1S/C19H19N3O7/c1-11(7-19(25)26)15-5-4-14(10-20-15)21-18(24)9-13-3-6-16(22(27)28)17(8-13)29-12(2)23/h3-6,8,10-11H,7,9H2,1-2H3,(H,21,24)(H,25,26). The van der Waals surface area contributed by atoms with Gasteiger partial charge in [0.25, 0.3) is 0 Å². The Morgan fingerprint density at radius 3 is 2.55 bits per heavy atom. The van der Waals surface area contributed by atoms with E-state index >= 15 is 0 Å². The van der Waals surface area contributed by atoms with Crippen molar-refractivity contribution in [2.45, 2.75) is 32.6 Å². The van der Waals surface area contributed by atoms with Crippen LogP contribution in [-0.2, 0) is 20.8 Å². The van der Waals surface area contributed by atoms with E-state index in [1.807, 2.05) is 0 Å². The van der Waals surface area contributed by atoms with Crippen molar-refractivity contribution in [3.05, 3.63) is 57.9 Å². The minimum absolute atomic E-state index is 0.0521. The van der Waals surface area contributed by atoms with Crippen LogP contribution in [0.4, 0.5) is 11.4 Å². The number of hydrogen-bond donors (Lipinski definition) is 2. The number of aliphatic carboxylic acids is 1. The lowest BCUT2D eigenvalue weighted by Gasteiger charge is -2.10. The second-order valence-corrected chi connectivity index (χ2v) is 6.35. The number of amides is 1. The Morgan fingerprint density at radius 1 is 1.28 bits per heavy atom. The molecule has 0 aliphatic carbocycles. The molecule has 1 aromatic carbocycles. The van der Waals surface area contributed by atoms with Gasteiger partial charge in [-0.3, -0.25) is 29.5 Å². The van der Waals surface area contributed by atoms with Crippen LogP contribution in [0.15, 0.2) is 36.5 Å². The molecule has 10 nitrogen and oxygen atoms in total. The number of nitro benzene ring substituents is 1. The van der Waals surface area contributed by atoms with Gasteiger partial charge in [0.15, 0.2) is 0 Å². The number of nitrogens with zero attached hydrogens (tertiary/aromatic N) is 2. The molecule has 29 heavy (non-hydrogen) atoms. The molecule has 0 aliphatic rings. The van der Waals surface area contributed by atoms with E-state index in [9.17, 15) is 24.5 Å². The highest BCUT2D eigenvalue weighted by Gasteiger charge is 2.18. The summed E-state index contributed by atoms with van der Waals surface area (Å²) in [5, 5.41) is 22.5. The van der Waals surface area contributed by atoms with Crippen LogP contribution in [0.2, 0.25) is 0 Å². The zero-order valence-corrected chi connectivity index (χ0v) is 15.7. The number of carboxylic acid groups (broad SMARTS) is 1. The molecular formula is C19H19N3O7. The van der Waals surface area contributed by atoms with Crippen molar-refractivity contribution < 1.29 is 29.2 Å². The molecule has 1 amide bonds. The zero-order chi connectivity index (χ0) is 21.6. The zero-order valence-electron chi connectivity index (χ0n) is 15.7. The fourth-order valence-electron chi connectivity index (χ4n) is 2.58. The summed E-state index contributed by atoms with van der Waals surface area (Å²) in [6.45, 7) is 2.86.